The number of nitrogens with zero attached hydrogens (tertiary/aromatic N) is 4. The predicted octanol–water partition coefficient (Wildman–Crippen LogP) is 2.73. The van der Waals surface area contributed by atoms with Crippen LogP contribution in [0.2, 0.25) is 0 Å². The van der Waals surface area contributed by atoms with Gasteiger partial charge in [-0.1, -0.05) is 11.8 Å². The summed E-state index contributed by atoms with van der Waals surface area (Å²) < 4.78 is 19.7. The minimum Gasteiger partial charge on any atom is -0.468 e. The fourth-order valence-electron chi connectivity index (χ4n) is 2.06. The molecule has 3 rings (SSSR count). The summed E-state index contributed by atoms with van der Waals surface area (Å²) in [5, 5.41) is 8.87. The van der Waals surface area contributed by atoms with Gasteiger partial charge in [0.25, 0.3) is 0 Å². The number of esters is 1. The van der Waals surface area contributed by atoms with Gasteiger partial charge < -0.3 is 4.74 Å². The Labute approximate surface area is 141 Å². The van der Waals surface area contributed by atoms with Gasteiger partial charge in [0, 0.05) is 23.6 Å². The van der Waals surface area contributed by atoms with E-state index in [9.17, 15) is 9.18 Å². The number of benzene rings is 1. The SMILES string of the molecule is COC(=O)CSc1nnc(-c2ccncc2)n1-c1ccc(F)cc1. The van der Waals surface area contributed by atoms with E-state index in [0.717, 1.165) is 5.56 Å². The van der Waals surface area contributed by atoms with Crippen molar-refractivity contribution in [1.82, 2.24) is 19.7 Å². The quantitative estimate of drug-likeness (QED) is 0.524. The van der Waals surface area contributed by atoms with Crippen LogP contribution in [-0.4, -0.2) is 38.6 Å². The van der Waals surface area contributed by atoms with Crippen molar-refractivity contribution in [3.8, 4) is 17.1 Å². The highest BCUT2D eigenvalue weighted by molar-refractivity contribution is 7.99. The maximum Gasteiger partial charge on any atom is 0.316 e. The molecule has 0 aliphatic heterocycles. The fourth-order valence-corrected chi connectivity index (χ4v) is 2.84. The Morgan fingerprint density at radius 1 is 1.17 bits per heavy atom. The van der Waals surface area contributed by atoms with Gasteiger partial charge in [-0.3, -0.25) is 14.3 Å². The minimum absolute atomic E-state index is 0.103. The van der Waals surface area contributed by atoms with Gasteiger partial charge in [-0.05, 0) is 36.4 Å². The molecule has 0 saturated heterocycles. The third-order valence-electron chi connectivity index (χ3n) is 3.20. The van der Waals surface area contributed by atoms with Crippen molar-refractivity contribution in [3.63, 3.8) is 0 Å². The number of rotatable bonds is 5. The van der Waals surface area contributed by atoms with E-state index in [-0.39, 0.29) is 17.5 Å². The highest BCUT2D eigenvalue weighted by atomic mass is 32.2. The summed E-state index contributed by atoms with van der Waals surface area (Å²) in [6.45, 7) is 0. The molecule has 0 aliphatic carbocycles. The second-order valence-corrected chi connectivity index (χ2v) is 5.66. The maximum atomic E-state index is 13.2. The summed E-state index contributed by atoms with van der Waals surface area (Å²) in [5.41, 5.74) is 1.51. The first-order chi connectivity index (χ1) is 11.7. The van der Waals surface area contributed by atoms with Crippen molar-refractivity contribution in [2.75, 3.05) is 12.9 Å². The smallest absolute Gasteiger partial charge is 0.316 e. The third-order valence-corrected chi connectivity index (χ3v) is 4.11. The number of aromatic nitrogens is 4. The lowest BCUT2D eigenvalue weighted by molar-refractivity contribution is -0.137. The van der Waals surface area contributed by atoms with Crippen LogP contribution in [-0.2, 0) is 9.53 Å². The van der Waals surface area contributed by atoms with E-state index in [4.69, 9.17) is 0 Å². The van der Waals surface area contributed by atoms with Crippen LogP contribution in [0.5, 0.6) is 0 Å². The van der Waals surface area contributed by atoms with Crippen molar-refractivity contribution in [3.05, 3.63) is 54.6 Å². The van der Waals surface area contributed by atoms with E-state index in [1.165, 1.54) is 31.0 Å². The molecule has 3 aromatic rings. The molecule has 122 valence electrons. The fraction of sp³-hybridized carbons (Fsp3) is 0.125. The molecule has 0 amide bonds. The summed E-state index contributed by atoms with van der Waals surface area (Å²) in [6.07, 6.45) is 3.31. The van der Waals surface area contributed by atoms with Gasteiger partial charge in [0.15, 0.2) is 11.0 Å². The molecule has 2 heterocycles. The molecular formula is C16H13FN4O2S. The number of ether oxygens (including phenoxy) is 1. The molecule has 0 N–H and O–H groups in total. The van der Waals surface area contributed by atoms with E-state index in [0.29, 0.717) is 16.7 Å². The second-order valence-electron chi connectivity index (χ2n) is 4.72. The van der Waals surface area contributed by atoms with Gasteiger partial charge in [0.05, 0.1) is 12.9 Å². The van der Waals surface area contributed by atoms with Crippen molar-refractivity contribution in [2.45, 2.75) is 5.16 Å². The topological polar surface area (TPSA) is 69.9 Å². The molecule has 0 unspecified atom stereocenters. The lowest BCUT2D eigenvalue weighted by Gasteiger charge is -2.10. The van der Waals surface area contributed by atoms with Crippen LogP contribution in [0.25, 0.3) is 17.1 Å². The predicted molar refractivity (Wildman–Crippen MR) is 87.3 cm³/mol. The minimum atomic E-state index is -0.362. The van der Waals surface area contributed by atoms with Crippen molar-refractivity contribution in [1.29, 1.82) is 0 Å². The van der Waals surface area contributed by atoms with Crippen LogP contribution in [0, 0.1) is 5.82 Å². The Kier molecular flexibility index (Phi) is 4.85. The average molecular weight is 344 g/mol. The molecule has 24 heavy (non-hydrogen) atoms. The van der Waals surface area contributed by atoms with Crippen LogP contribution < -0.4 is 0 Å². The van der Waals surface area contributed by atoms with Crippen molar-refractivity contribution >= 4 is 17.7 Å². The monoisotopic (exact) mass is 344 g/mol. The largest absolute Gasteiger partial charge is 0.468 e. The van der Waals surface area contributed by atoms with Crippen LogP contribution in [0.15, 0.2) is 53.9 Å². The molecule has 0 fully saturated rings. The Balaban J connectivity index is 2.05. The molecular weight excluding hydrogens is 331 g/mol. The molecule has 2 aromatic heterocycles. The molecule has 6 nitrogen and oxygen atoms in total. The molecule has 8 heteroatoms. The van der Waals surface area contributed by atoms with Gasteiger partial charge in [0.1, 0.15) is 5.82 Å². The first-order valence-corrected chi connectivity index (χ1v) is 7.99. The lowest BCUT2D eigenvalue weighted by Crippen LogP contribution is -2.05. The number of hydrogen-bond donors (Lipinski definition) is 0. The van der Waals surface area contributed by atoms with Gasteiger partial charge >= 0.3 is 5.97 Å². The number of halogens is 1. The van der Waals surface area contributed by atoms with Crippen LogP contribution in [0.1, 0.15) is 0 Å². The number of methoxy groups -OCH3 is 1. The zero-order chi connectivity index (χ0) is 16.9. The molecule has 0 saturated carbocycles. The zero-order valence-electron chi connectivity index (χ0n) is 12.7. The van der Waals surface area contributed by atoms with Gasteiger partial charge in [-0.15, -0.1) is 10.2 Å². The first-order valence-electron chi connectivity index (χ1n) is 7.00. The van der Waals surface area contributed by atoms with Crippen LogP contribution in [0.4, 0.5) is 4.39 Å². The summed E-state index contributed by atoms with van der Waals surface area (Å²) in [5.74, 6) is -0.0110. The Morgan fingerprint density at radius 2 is 1.88 bits per heavy atom. The van der Waals surface area contributed by atoms with Crippen LogP contribution in [0.3, 0.4) is 0 Å². The molecule has 0 aliphatic rings. The zero-order valence-corrected chi connectivity index (χ0v) is 13.5. The molecule has 0 radical (unpaired) electrons. The second kappa shape index (κ2) is 7.22. The van der Waals surface area contributed by atoms with Crippen molar-refractivity contribution < 1.29 is 13.9 Å². The molecule has 0 atom stereocenters. The van der Waals surface area contributed by atoms with E-state index in [1.807, 2.05) is 0 Å². The number of carbonyl (C=O) groups is 1. The Bertz CT molecular complexity index is 837. The van der Waals surface area contributed by atoms with E-state index in [2.05, 4.69) is 19.9 Å². The third kappa shape index (κ3) is 3.43. The summed E-state index contributed by atoms with van der Waals surface area (Å²) in [4.78, 5) is 15.4. The summed E-state index contributed by atoms with van der Waals surface area (Å²) in [7, 11) is 1.33. The van der Waals surface area contributed by atoms with E-state index >= 15 is 0 Å². The highest BCUT2D eigenvalue weighted by Gasteiger charge is 2.17. The normalized spacial score (nSPS) is 10.6. The first kappa shape index (κ1) is 16.1. The van der Waals surface area contributed by atoms with Crippen molar-refractivity contribution in [2.24, 2.45) is 0 Å². The van der Waals surface area contributed by atoms with Gasteiger partial charge in [0.2, 0.25) is 0 Å². The number of hydrogen-bond acceptors (Lipinski definition) is 6. The lowest BCUT2D eigenvalue weighted by atomic mass is 10.2. The maximum absolute atomic E-state index is 13.2. The summed E-state index contributed by atoms with van der Waals surface area (Å²) >= 11 is 1.20. The molecule has 0 bridgehead atoms. The van der Waals surface area contributed by atoms with Gasteiger partial charge in [-0.25, -0.2) is 4.39 Å². The number of thioether (sulfide) groups is 1. The average Bonchev–Trinajstić information content (AvgIpc) is 3.05. The number of carbonyl (C=O) groups excluding carboxylic acids is 1. The van der Waals surface area contributed by atoms with E-state index in [1.54, 1.807) is 41.2 Å². The molecule has 0 spiro atoms. The standard InChI is InChI=1S/C16H13FN4O2S/c1-23-14(22)10-24-16-20-19-15(11-6-8-18-9-7-11)21(16)13-4-2-12(17)3-5-13/h2-9H,10H2,1H3. The Hall–Kier alpha value is -2.74. The highest BCUT2D eigenvalue weighted by Crippen LogP contribution is 2.27. The Morgan fingerprint density at radius 3 is 2.54 bits per heavy atom. The number of pyridine rings is 1. The van der Waals surface area contributed by atoms with Gasteiger partial charge in [-0.2, -0.15) is 0 Å². The molecule has 1 aromatic carbocycles. The van der Waals surface area contributed by atoms with Crippen LogP contribution >= 0.6 is 11.8 Å². The van der Waals surface area contributed by atoms with E-state index < -0.39 is 0 Å². The summed E-state index contributed by atoms with van der Waals surface area (Å²) in [6, 6.07) is 9.59.